The zero-order valence-corrected chi connectivity index (χ0v) is 23.8. The van der Waals surface area contributed by atoms with Crippen LogP contribution < -0.4 is 11.2 Å². The number of hydrazine groups is 1. The highest BCUT2D eigenvalue weighted by Crippen LogP contribution is 2.23. The maximum absolute atomic E-state index is 13.2. The minimum atomic E-state index is -0.946. The van der Waals surface area contributed by atoms with Gasteiger partial charge in [-0.15, -0.1) is 0 Å². The second kappa shape index (κ2) is 16.1. The van der Waals surface area contributed by atoms with E-state index in [2.05, 4.69) is 22.2 Å². The number of rotatable bonds is 8. The van der Waals surface area contributed by atoms with E-state index < -0.39 is 23.8 Å². The summed E-state index contributed by atoms with van der Waals surface area (Å²) in [6.07, 6.45) is 6.61. The van der Waals surface area contributed by atoms with E-state index in [4.69, 9.17) is 15.1 Å². The van der Waals surface area contributed by atoms with Crippen LogP contribution in [0, 0.1) is 5.92 Å². The summed E-state index contributed by atoms with van der Waals surface area (Å²) in [6, 6.07) is 12.0. The van der Waals surface area contributed by atoms with Gasteiger partial charge in [-0.1, -0.05) is 70.7 Å². The van der Waals surface area contributed by atoms with Gasteiger partial charge in [0.05, 0.1) is 5.56 Å². The maximum atomic E-state index is 13.2. The van der Waals surface area contributed by atoms with Crippen LogP contribution in [0.5, 0.6) is 5.75 Å². The van der Waals surface area contributed by atoms with Crippen LogP contribution in [0.4, 0.5) is 0 Å². The number of carbonyl (C=O) groups is 3. The molecule has 0 bridgehead atoms. The third kappa shape index (κ3) is 8.22. The van der Waals surface area contributed by atoms with Gasteiger partial charge >= 0.3 is 0 Å². The number of nitrogens with two attached hydrogens (primary N) is 1. The molecule has 10 heteroatoms. The molecule has 1 aromatic heterocycles. The minimum Gasteiger partial charge on any atom is -0.507 e. The van der Waals surface area contributed by atoms with Crippen molar-refractivity contribution in [2.24, 2.45) is 16.8 Å². The highest BCUT2D eigenvalue weighted by molar-refractivity contribution is 6.04. The van der Waals surface area contributed by atoms with Gasteiger partial charge in [0, 0.05) is 7.05 Å². The number of ketones is 1. The van der Waals surface area contributed by atoms with Gasteiger partial charge in [0.1, 0.15) is 36.0 Å². The Bertz CT molecular complexity index is 1240. The van der Waals surface area contributed by atoms with Crippen molar-refractivity contribution < 1.29 is 23.9 Å². The van der Waals surface area contributed by atoms with Crippen molar-refractivity contribution in [3.8, 4) is 5.75 Å². The zero-order chi connectivity index (χ0) is 29.7. The Labute approximate surface area is 235 Å². The molecular weight excluding hydrogens is 510 g/mol. The van der Waals surface area contributed by atoms with Gasteiger partial charge in [-0.05, 0) is 43.0 Å². The average Bonchev–Trinajstić information content (AvgIpc) is 3.65. The molecule has 1 heterocycles. The zero-order valence-electron chi connectivity index (χ0n) is 23.8. The van der Waals surface area contributed by atoms with Crippen LogP contribution in [-0.2, 0) is 9.59 Å². The van der Waals surface area contributed by atoms with Gasteiger partial charge in [-0.25, -0.2) is 10.8 Å². The lowest BCUT2D eigenvalue weighted by molar-refractivity contribution is -0.135. The van der Waals surface area contributed by atoms with Gasteiger partial charge in [0.2, 0.25) is 5.78 Å². The molecule has 0 radical (unpaired) electrons. The van der Waals surface area contributed by atoms with Crippen LogP contribution in [0.25, 0.3) is 11.1 Å². The molecule has 10 nitrogen and oxygen atoms in total. The number of aromatic nitrogens is 1. The van der Waals surface area contributed by atoms with Crippen LogP contribution in [0.2, 0.25) is 0 Å². The van der Waals surface area contributed by atoms with Crippen molar-refractivity contribution in [3.63, 3.8) is 0 Å². The number of nitrogens with one attached hydrogen (secondary N) is 1. The number of aromatic hydroxyl groups is 1. The number of amidine groups is 1. The lowest BCUT2D eigenvalue weighted by Gasteiger charge is -2.29. The van der Waals surface area contributed by atoms with E-state index in [1.165, 1.54) is 31.7 Å². The van der Waals surface area contributed by atoms with Crippen molar-refractivity contribution in [1.29, 1.82) is 0 Å². The molecule has 0 saturated heterocycles. The summed E-state index contributed by atoms with van der Waals surface area (Å²) in [6.45, 7) is 7.91. The fourth-order valence-corrected chi connectivity index (χ4v) is 4.53. The van der Waals surface area contributed by atoms with E-state index in [0.717, 1.165) is 10.9 Å². The fraction of sp³-hybridized carbons (Fsp3) is 0.433. The number of hydrogen-bond donors (Lipinski definition) is 3. The minimum absolute atomic E-state index is 0.0325. The molecule has 0 aliphatic heterocycles. The number of aliphatic imine (C=N–C) groups is 1. The van der Waals surface area contributed by atoms with E-state index >= 15 is 0 Å². The summed E-state index contributed by atoms with van der Waals surface area (Å²) in [5.41, 5.74) is 1.50. The van der Waals surface area contributed by atoms with Gasteiger partial charge in [-0.3, -0.25) is 19.6 Å². The van der Waals surface area contributed by atoms with Crippen molar-refractivity contribution in [2.75, 3.05) is 7.05 Å². The summed E-state index contributed by atoms with van der Waals surface area (Å²) in [5.74, 6) is 6.50. The van der Waals surface area contributed by atoms with Crippen LogP contribution in [0.3, 0.4) is 0 Å². The topological polar surface area (TPSA) is 151 Å². The Morgan fingerprint density at radius 1 is 1.12 bits per heavy atom. The number of para-hydroxylation sites is 3. The number of amides is 1. The van der Waals surface area contributed by atoms with Gasteiger partial charge in [0.25, 0.3) is 11.8 Å². The molecule has 1 aliphatic carbocycles. The molecule has 4 N–H and O–H groups in total. The Morgan fingerprint density at radius 2 is 1.75 bits per heavy atom. The van der Waals surface area contributed by atoms with E-state index in [9.17, 15) is 14.7 Å². The number of hydrogen-bond acceptors (Lipinski definition) is 8. The van der Waals surface area contributed by atoms with Gasteiger partial charge < -0.3 is 19.6 Å². The number of Topliss-reactive ketones (excluding diaryl/α,β-unsaturated/α-hetero) is 1. The quantitative estimate of drug-likeness (QED) is 0.0914. The lowest BCUT2D eigenvalue weighted by atomic mass is 10.1. The molecule has 40 heavy (non-hydrogen) atoms. The molecule has 1 fully saturated rings. The largest absolute Gasteiger partial charge is 0.507 e. The number of carbonyl (C=O) groups excluding carboxylic acids is 3. The Balaban J connectivity index is 0.000000609. The Hall–Kier alpha value is -4.05. The molecule has 1 aliphatic rings. The SMILES string of the molecule is C=O.CC1CCCC1.CC[C@H](NC(=NC)c1ccccc1O)C(=O)N(N)[C@@H](CC)C(=O)c1nc2ccccc2o1. The van der Waals surface area contributed by atoms with Crippen LogP contribution >= 0.6 is 0 Å². The second-order valence-corrected chi connectivity index (χ2v) is 9.60. The van der Waals surface area contributed by atoms with Crippen LogP contribution in [-0.4, -0.2) is 58.5 Å². The molecule has 0 unspecified atom stereocenters. The number of oxazole rings is 1. The molecule has 3 aromatic rings. The first-order valence-corrected chi connectivity index (χ1v) is 13.6. The molecule has 1 saturated carbocycles. The summed E-state index contributed by atoms with van der Waals surface area (Å²) < 4.78 is 5.57. The van der Waals surface area contributed by atoms with Crippen molar-refractivity contribution in [2.45, 2.75) is 71.4 Å². The third-order valence-electron chi connectivity index (χ3n) is 6.83. The number of phenolic OH excluding ortho intramolecular Hbond substituents is 1. The third-order valence-corrected chi connectivity index (χ3v) is 6.83. The predicted octanol–water partition coefficient (Wildman–Crippen LogP) is 4.65. The second-order valence-electron chi connectivity index (χ2n) is 9.60. The average molecular weight is 552 g/mol. The van der Waals surface area contributed by atoms with E-state index in [1.807, 2.05) is 13.7 Å². The summed E-state index contributed by atoms with van der Waals surface area (Å²) in [4.78, 5) is 42.6. The number of nitrogens with zero attached hydrogens (tertiary/aromatic N) is 3. The Morgan fingerprint density at radius 3 is 2.27 bits per heavy atom. The molecule has 4 rings (SSSR count). The van der Waals surface area contributed by atoms with E-state index in [0.29, 0.717) is 28.9 Å². The molecule has 1 amide bonds. The Kier molecular flexibility index (Phi) is 13.0. The first-order chi connectivity index (χ1) is 19.3. The molecular formula is C30H41N5O5. The molecule has 0 spiro atoms. The fourth-order valence-electron chi connectivity index (χ4n) is 4.53. The van der Waals surface area contributed by atoms with Crippen molar-refractivity contribution in [3.05, 3.63) is 60.0 Å². The number of fused-ring (bicyclic) bond motifs is 1. The normalized spacial score (nSPS) is 14.8. The maximum Gasteiger partial charge on any atom is 0.266 e. The number of phenols is 1. The van der Waals surface area contributed by atoms with Gasteiger partial charge in [0.15, 0.2) is 5.58 Å². The molecule has 2 aromatic carbocycles. The van der Waals surface area contributed by atoms with Crippen molar-refractivity contribution >= 4 is 35.4 Å². The van der Waals surface area contributed by atoms with E-state index in [1.54, 1.807) is 56.4 Å². The highest BCUT2D eigenvalue weighted by atomic mass is 16.4. The lowest BCUT2D eigenvalue weighted by Crippen LogP contribution is -2.56. The monoisotopic (exact) mass is 551 g/mol. The molecule has 2 atom stereocenters. The van der Waals surface area contributed by atoms with E-state index in [-0.39, 0.29) is 18.1 Å². The highest BCUT2D eigenvalue weighted by Gasteiger charge is 2.34. The van der Waals surface area contributed by atoms with Crippen LogP contribution in [0.1, 0.15) is 75.5 Å². The summed E-state index contributed by atoms with van der Waals surface area (Å²) >= 11 is 0. The molecule has 216 valence electrons. The predicted molar refractivity (Wildman–Crippen MR) is 156 cm³/mol. The first-order valence-electron chi connectivity index (χ1n) is 13.6. The standard InChI is InChI=1S/C23H27N5O4.C6H12.CH2O/c1-4-15(26-21(25-3)14-10-6-8-12-18(14)29)23(31)28(24)17(5-2)20(30)22-27-16-11-7-9-13-19(16)32-22;1-6-4-2-3-5-6;1-2/h6-13,15,17,29H,4-5,24H2,1-3H3,(H,25,26);6H,2-5H2,1H3;1H2/t15-,17-;;/m0../s1. The summed E-state index contributed by atoms with van der Waals surface area (Å²) in [5, 5.41) is 14.1. The summed E-state index contributed by atoms with van der Waals surface area (Å²) in [7, 11) is 1.55. The first kappa shape index (κ1) is 32.2. The van der Waals surface area contributed by atoms with Gasteiger partial charge in [-0.2, -0.15) is 0 Å². The van der Waals surface area contributed by atoms with Crippen molar-refractivity contribution in [1.82, 2.24) is 15.3 Å². The van der Waals surface area contributed by atoms with Crippen LogP contribution in [0.15, 0.2) is 57.9 Å². The number of benzene rings is 2. The smallest absolute Gasteiger partial charge is 0.266 e.